The van der Waals surface area contributed by atoms with Gasteiger partial charge in [-0.3, -0.25) is 10.4 Å². The predicted octanol–water partition coefficient (Wildman–Crippen LogP) is 2.29. The number of aromatic amines is 1. The van der Waals surface area contributed by atoms with Gasteiger partial charge in [0.15, 0.2) is 17.4 Å². The molecule has 168 valence electrons. The minimum absolute atomic E-state index is 0.0666. The Kier molecular flexibility index (Phi) is 5.85. The van der Waals surface area contributed by atoms with Gasteiger partial charge >= 0.3 is 5.69 Å². The van der Waals surface area contributed by atoms with E-state index in [4.69, 9.17) is 15.9 Å². The van der Waals surface area contributed by atoms with Crippen molar-refractivity contribution >= 4 is 11.5 Å². The van der Waals surface area contributed by atoms with Crippen LogP contribution in [-0.4, -0.2) is 37.7 Å². The van der Waals surface area contributed by atoms with Crippen LogP contribution < -0.4 is 21.5 Å². The van der Waals surface area contributed by atoms with Gasteiger partial charge in [-0.25, -0.2) is 19.2 Å². The molecule has 33 heavy (non-hydrogen) atoms. The molecule has 1 atom stereocenters. The Bertz CT molecular complexity index is 1350. The number of H-pyrrole nitrogens is 1. The molecule has 4 aromatic rings. The highest BCUT2D eigenvalue weighted by atomic mass is 19.1. The van der Waals surface area contributed by atoms with Crippen LogP contribution in [0.15, 0.2) is 59.7 Å². The van der Waals surface area contributed by atoms with E-state index in [0.29, 0.717) is 11.3 Å². The van der Waals surface area contributed by atoms with Gasteiger partial charge in [0.25, 0.3) is 5.95 Å². The first-order valence-electron chi connectivity index (χ1n) is 9.89. The van der Waals surface area contributed by atoms with Crippen molar-refractivity contribution in [1.29, 1.82) is 5.41 Å². The quantitative estimate of drug-likeness (QED) is 0.250. The molecule has 0 spiro atoms. The lowest BCUT2D eigenvalue weighted by atomic mass is 10.0. The Morgan fingerprint density at radius 3 is 2.58 bits per heavy atom. The molecule has 0 radical (unpaired) electrons. The molecule has 11 heteroatoms. The second-order valence-corrected chi connectivity index (χ2v) is 7.21. The van der Waals surface area contributed by atoms with Crippen LogP contribution in [0.1, 0.15) is 28.6 Å². The van der Waals surface area contributed by atoms with Gasteiger partial charge in [0.1, 0.15) is 11.9 Å². The Hall–Kier alpha value is -4.54. The first-order valence-corrected chi connectivity index (χ1v) is 9.89. The zero-order chi connectivity index (χ0) is 23.5. The maximum Gasteiger partial charge on any atom is 0.350 e. The summed E-state index contributed by atoms with van der Waals surface area (Å²) in [4.78, 5) is 23.4. The first kappa shape index (κ1) is 21.7. The van der Waals surface area contributed by atoms with E-state index in [0.717, 1.165) is 10.2 Å². The third-order valence-corrected chi connectivity index (χ3v) is 4.90. The molecule has 0 amide bonds. The van der Waals surface area contributed by atoms with E-state index in [1.54, 1.807) is 42.5 Å². The predicted molar refractivity (Wildman–Crippen MR) is 120 cm³/mol. The van der Waals surface area contributed by atoms with E-state index in [9.17, 15) is 4.79 Å². The van der Waals surface area contributed by atoms with Crippen LogP contribution in [0.3, 0.4) is 0 Å². The van der Waals surface area contributed by atoms with E-state index in [-0.39, 0.29) is 28.9 Å². The molecule has 0 aliphatic rings. The molecule has 0 saturated heterocycles. The minimum Gasteiger partial charge on any atom is -0.494 e. The van der Waals surface area contributed by atoms with Crippen LogP contribution in [0.2, 0.25) is 0 Å². The summed E-state index contributed by atoms with van der Waals surface area (Å²) in [6, 6.07) is 10.7. The third-order valence-electron chi connectivity index (χ3n) is 4.90. The highest BCUT2D eigenvalue weighted by molar-refractivity contribution is 5.95. The summed E-state index contributed by atoms with van der Waals surface area (Å²) in [5.41, 5.74) is 7.07. The number of nitrogens with one attached hydrogen (secondary N) is 3. The van der Waals surface area contributed by atoms with Gasteiger partial charge in [-0.05, 0) is 48.9 Å². The van der Waals surface area contributed by atoms with Crippen molar-refractivity contribution in [2.75, 3.05) is 12.4 Å². The molecule has 2 aromatic heterocycles. The summed E-state index contributed by atoms with van der Waals surface area (Å²) in [7, 11) is 1.38. The molecular formula is C22H21FN8O2. The number of nitrogen functional groups attached to an aromatic ring is 1. The van der Waals surface area contributed by atoms with Crippen LogP contribution >= 0.6 is 0 Å². The van der Waals surface area contributed by atoms with Gasteiger partial charge in [-0.2, -0.15) is 0 Å². The molecule has 0 aliphatic heterocycles. The van der Waals surface area contributed by atoms with E-state index in [2.05, 4.69) is 25.4 Å². The summed E-state index contributed by atoms with van der Waals surface area (Å²) >= 11 is 0. The largest absolute Gasteiger partial charge is 0.494 e. The van der Waals surface area contributed by atoms with Crippen LogP contribution in [0.5, 0.6) is 5.75 Å². The van der Waals surface area contributed by atoms with Crippen molar-refractivity contribution in [2.45, 2.75) is 13.0 Å². The summed E-state index contributed by atoms with van der Waals surface area (Å²) in [6.45, 7) is 1.81. The van der Waals surface area contributed by atoms with Gasteiger partial charge in [-0.15, -0.1) is 9.78 Å². The molecule has 2 heterocycles. The van der Waals surface area contributed by atoms with Crippen LogP contribution in [-0.2, 0) is 0 Å². The standard InChI is InChI=1S/C22H21FN8O2/c1-12-10-15(17(23)16(11-12)33-2)18(28-14-6-4-13(5-7-14)19(24)25)20-29-22(32)31(30-20)21-26-8-3-9-27-21/h3-11,18,28H,1-2H3,(H3,24,25)(H,29,30,32). The third kappa shape index (κ3) is 4.42. The second-order valence-electron chi connectivity index (χ2n) is 7.21. The molecule has 0 saturated carbocycles. The number of methoxy groups -OCH3 is 1. The lowest BCUT2D eigenvalue weighted by molar-refractivity contribution is 0.383. The van der Waals surface area contributed by atoms with Crippen molar-refractivity contribution in [2.24, 2.45) is 5.73 Å². The lowest BCUT2D eigenvalue weighted by Crippen LogP contribution is -2.18. The van der Waals surface area contributed by atoms with Gasteiger partial charge in [0.2, 0.25) is 0 Å². The Morgan fingerprint density at radius 1 is 1.24 bits per heavy atom. The Balaban J connectivity index is 1.83. The van der Waals surface area contributed by atoms with Gasteiger partial charge in [0, 0.05) is 29.2 Å². The lowest BCUT2D eigenvalue weighted by Gasteiger charge is -2.20. The fraction of sp³-hybridized carbons (Fsp3) is 0.136. The Morgan fingerprint density at radius 2 is 1.94 bits per heavy atom. The van der Waals surface area contributed by atoms with E-state index in [1.165, 1.54) is 19.5 Å². The first-order chi connectivity index (χ1) is 15.9. The molecule has 4 rings (SSSR count). The monoisotopic (exact) mass is 448 g/mol. The average molecular weight is 448 g/mol. The SMILES string of the molecule is COc1cc(C)cc(C(Nc2ccc(C(=N)N)cc2)c2nn(-c3ncccn3)c(=O)[nH]2)c1F. The van der Waals surface area contributed by atoms with E-state index in [1.807, 2.05) is 6.92 Å². The van der Waals surface area contributed by atoms with Crippen molar-refractivity contribution in [3.63, 3.8) is 0 Å². The number of nitrogens with two attached hydrogens (primary N) is 1. The van der Waals surface area contributed by atoms with Crippen molar-refractivity contribution in [3.8, 4) is 11.7 Å². The smallest absolute Gasteiger partial charge is 0.350 e. The number of ether oxygens (including phenoxy) is 1. The van der Waals surface area contributed by atoms with E-state index < -0.39 is 17.5 Å². The molecule has 2 aromatic carbocycles. The van der Waals surface area contributed by atoms with Crippen LogP contribution in [0, 0.1) is 18.2 Å². The molecule has 1 unspecified atom stereocenters. The number of hydrogen-bond donors (Lipinski definition) is 4. The highest BCUT2D eigenvalue weighted by Crippen LogP contribution is 2.32. The topological polar surface area (TPSA) is 148 Å². The maximum atomic E-state index is 15.3. The number of halogens is 1. The number of nitrogens with zero attached hydrogens (tertiary/aromatic N) is 4. The number of anilines is 1. The Labute approximate surface area is 187 Å². The second kappa shape index (κ2) is 8.91. The number of aryl methyl sites for hydroxylation is 1. The zero-order valence-corrected chi connectivity index (χ0v) is 17.8. The molecule has 5 N–H and O–H groups in total. The summed E-state index contributed by atoms with van der Waals surface area (Å²) in [5, 5.41) is 15.1. The van der Waals surface area contributed by atoms with Crippen molar-refractivity contribution in [3.05, 3.63) is 93.7 Å². The molecule has 0 bridgehead atoms. The van der Waals surface area contributed by atoms with Gasteiger partial charge < -0.3 is 15.8 Å². The highest BCUT2D eigenvalue weighted by Gasteiger charge is 2.26. The van der Waals surface area contributed by atoms with Crippen molar-refractivity contribution < 1.29 is 9.13 Å². The number of amidine groups is 1. The fourth-order valence-electron chi connectivity index (χ4n) is 3.33. The average Bonchev–Trinajstić information content (AvgIpc) is 3.21. The minimum atomic E-state index is -0.889. The summed E-state index contributed by atoms with van der Waals surface area (Å²) in [6.07, 6.45) is 2.97. The fourth-order valence-corrected chi connectivity index (χ4v) is 3.33. The van der Waals surface area contributed by atoms with Crippen LogP contribution in [0.4, 0.5) is 10.1 Å². The summed E-state index contributed by atoms with van der Waals surface area (Å²) in [5.74, 6) is -0.366. The van der Waals surface area contributed by atoms with Crippen molar-refractivity contribution in [1.82, 2.24) is 24.7 Å². The summed E-state index contributed by atoms with van der Waals surface area (Å²) < 4.78 is 21.5. The number of aromatic nitrogens is 5. The molecule has 10 nitrogen and oxygen atoms in total. The van der Waals surface area contributed by atoms with Gasteiger partial charge in [-0.1, -0.05) is 6.07 Å². The molecule has 0 aliphatic carbocycles. The number of hydrogen-bond acceptors (Lipinski definition) is 7. The van der Waals surface area contributed by atoms with Crippen LogP contribution in [0.25, 0.3) is 5.95 Å². The van der Waals surface area contributed by atoms with E-state index >= 15 is 4.39 Å². The number of rotatable bonds is 7. The number of benzene rings is 2. The zero-order valence-electron chi connectivity index (χ0n) is 17.8. The van der Waals surface area contributed by atoms with Gasteiger partial charge in [0.05, 0.1) is 7.11 Å². The molecular weight excluding hydrogens is 427 g/mol. The maximum absolute atomic E-state index is 15.3. The normalized spacial score (nSPS) is 11.7. The molecule has 0 fully saturated rings.